The van der Waals surface area contributed by atoms with Crippen molar-refractivity contribution in [2.75, 3.05) is 33.4 Å². The van der Waals surface area contributed by atoms with Crippen LogP contribution in [-0.4, -0.2) is 54.4 Å². The van der Waals surface area contributed by atoms with Crippen LogP contribution in [0.25, 0.3) is 17.0 Å². The summed E-state index contributed by atoms with van der Waals surface area (Å²) in [6.45, 7) is 2.96. The van der Waals surface area contributed by atoms with Crippen LogP contribution < -0.4 is 9.47 Å². The first-order valence-electron chi connectivity index (χ1n) is 10.4. The number of aliphatic hydroxyl groups excluding tert-OH is 1. The van der Waals surface area contributed by atoms with Gasteiger partial charge >= 0.3 is 0 Å². The Morgan fingerprint density at radius 2 is 2.07 bits per heavy atom. The van der Waals surface area contributed by atoms with E-state index in [9.17, 15) is 5.11 Å². The molecule has 0 amide bonds. The molecule has 0 aliphatic carbocycles. The first-order chi connectivity index (χ1) is 14.7. The number of benzene rings is 2. The zero-order chi connectivity index (χ0) is 20.5. The van der Waals surface area contributed by atoms with Crippen LogP contribution >= 0.6 is 0 Å². The monoisotopic (exact) mass is 402 g/mol. The van der Waals surface area contributed by atoms with Crippen LogP contribution in [0.15, 0.2) is 60.3 Å². The van der Waals surface area contributed by atoms with Gasteiger partial charge in [-0.05, 0) is 54.0 Å². The van der Waals surface area contributed by atoms with Crippen molar-refractivity contribution < 1.29 is 14.6 Å². The van der Waals surface area contributed by atoms with Crippen LogP contribution in [0.1, 0.15) is 11.1 Å². The van der Waals surface area contributed by atoms with Gasteiger partial charge in [0.05, 0.1) is 18.7 Å². The molecule has 5 nitrogen and oxygen atoms in total. The molecule has 2 aliphatic rings. The van der Waals surface area contributed by atoms with Crippen molar-refractivity contribution in [1.29, 1.82) is 0 Å². The number of likely N-dealkylation sites (tertiary alicyclic amines) is 1. The molecular weight excluding hydrogens is 376 g/mol. The van der Waals surface area contributed by atoms with Gasteiger partial charge in [0.15, 0.2) is 0 Å². The van der Waals surface area contributed by atoms with Gasteiger partial charge in [0.1, 0.15) is 18.1 Å². The number of para-hydroxylation sites is 1. The second kappa shape index (κ2) is 8.09. The minimum absolute atomic E-state index is 0.216. The van der Waals surface area contributed by atoms with Crippen molar-refractivity contribution in [3.05, 3.63) is 71.4 Å². The summed E-state index contributed by atoms with van der Waals surface area (Å²) in [6.07, 6.45) is 4.59. The van der Waals surface area contributed by atoms with Gasteiger partial charge in [-0.3, -0.25) is 9.88 Å². The SMILES string of the molecule is COc1ccc2c(c1)C=C(CN1C[C@@H](Cc3ccnc4ccccc34)[C@H](O)C1)CO2. The van der Waals surface area contributed by atoms with Crippen molar-refractivity contribution >= 4 is 17.0 Å². The summed E-state index contributed by atoms with van der Waals surface area (Å²) < 4.78 is 11.3. The number of hydrogen-bond acceptors (Lipinski definition) is 5. The lowest BCUT2D eigenvalue weighted by Gasteiger charge is -2.22. The number of pyridine rings is 1. The number of rotatable bonds is 5. The second-order valence-electron chi connectivity index (χ2n) is 8.21. The number of aromatic nitrogens is 1. The lowest BCUT2D eigenvalue weighted by Crippen LogP contribution is -2.27. The molecule has 3 heterocycles. The molecule has 1 fully saturated rings. The highest BCUT2D eigenvalue weighted by molar-refractivity contribution is 5.81. The third-order valence-electron chi connectivity index (χ3n) is 6.12. The average molecular weight is 402 g/mol. The molecule has 3 aromatic rings. The van der Waals surface area contributed by atoms with E-state index < -0.39 is 0 Å². The van der Waals surface area contributed by atoms with Gasteiger partial charge in [-0.1, -0.05) is 18.2 Å². The largest absolute Gasteiger partial charge is 0.497 e. The smallest absolute Gasteiger partial charge is 0.127 e. The summed E-state index contributed by atoms with van der Waals surface area (Å²) in [5.41, 5.74) is 4.54. The van der Waals surface area contributed by atoms with E-state index in [1.165, 1.54) is 16.5 Å². The van der Waals surface area contributed by atoms with Gasteiger partial charge in [0.25, 0.3) is 0 Å². The predicted molar refractivity (Wildman–Crippen MR) is 118 cm³/mol. The first kappa shape index (κ1) is 19.1. The fraction of sp³-hybridized carbons (Fsp3) is 0.320. The molecule has 0 unspecified atom stereocenters. The Bertz CT molecular complexity index is 1090. The molecule has 154 valence electrons. The van der Waals surface area contributed by atoms with Gasteiger partial charge in [0, 0.05) is 42.7 Å². The maximum absolute atomic E-state index is 10.7. The number of nitrogens with zero attached hydrogens (tertiary/aromatic N) is 2. The summed E-state index contributed by atoms with van der Waals surface area (Å²) in [5.74, 6) is 1.94. The van der Waals surface area contributed by atoms with E-state index in [1.807, 2.05) is 42.6 Å². The zero-order valence-electron chi connectivity index (χ0n) is 17.1. The van der Waals surface area contributed by atoms with Crippen LogP contribution in [0.4, 0.5) is 0 Å². The summed E-state index contributed by atoms with van der Waals surface area (Å²) in [7, 11) is 1.67. The van der Waals surface area contributed by atoms with Crippen LogP contribution in [-0.2, 0) is 6.42 Å². The third kappa shape index (κ3) is 3.78. The highest BCUT2D eigenvalue weighted by atomic mass is 16.5. The topological polar surface area (TPSA) is 54.8 Å². The number of aliphatic hydroxyl groups is 1. The van der Waals surface area contributed by atoms with E-state index in [4.69, 9.17) is 9.47 Å². The van der Waals surface area contributed by atoms with Gasteiger partial charge in [-0.2, -0.15) is 0 Å². The van der Waals surface area contributed by atoms with Crippen molar-refractivity contribution in [2.45, 2.75) is 12.5 Å². The Hall–Kier alpha value is -2.89. The number of β-amino-alcohol motifs (C(OH)–C–C–N with tert-alkyl or cyclic N) is 1. The molecule has 5 rings (SSSR count). The predicted octanol–water partition coefficient (Wildman–Crippen LogP) is 3.55. The zero-order valence-corrected chi connectivity index (χ0v) is 17.1. The second-order valence-corrected chi connectivity index (χ2v) is 8.21. The Morgan fingerprint density at radius 3 is 2.97 bits per heavy atom. The molecule has 0 spiro atoms. The highest BCUT2D eigenvalue weighted by Gasteiger charge is 2.32. The fourth-order valence-electron chi connectivity index (χ4n) is 4.59. The molecule has 1 aromatic heterocycles. The van der Waals surface area contributed by atoms with Crippen molar-refractivity contribution in [2.24, 2.45) is 5.92 Å². The van der Waals surface area contributed by atoms with Gasteiger partial charge in [0.2, 0.25) is 0 Å². The molecule has 0 bridgehead atoms. The molecule has 0 saturated carbocycles. The summed E-state index contributed by atoms with van der Waals surface area (Å²) in [5, 5.41) is 11.9. The summed E-state index contributed by atoms with van der Waals surface area (Å²) in [4.78, 5) is 6.79. The van der Waals surface area contributed by atoms with Crippen LogP contribution in [0.5, 0.6) is 11.5 Å². The minimum Gasteiger partial charge on any atom is -0.497 e. The average Bonchev–Trinajstić information content (AvgIpc) is 3.12. The first-order valence-corrected chi connectivity index (χ1v) is 10.4. The molecule has 2 atom stereocenters. The van der Waals surface area contributed by atoms with Gasteiger partial charge in [-0.25, -0.2) is 0 Å². The normalized spacial score (nSPS) is 21.2. The van der Waals surface area contributed by atoms with Gasteiger partial charge in [-0.15, -0.1) is 0 Å². The standard InChI is InChI=1S/C25H26N2O3/c1-29-21-6-7-25-19(12-21)10-17(16-30-25)13-27-14-20(24(28)15-27)11-18-8-9-26-23-5-3-2-4-22(18)23/h2-10,12,20,24,28H,11,13-16H2,1H3/t20-,24-/m1/s1. The van der Waals surface area contributed by atoms with E-state index in [1.54, 1.807) is 7.11 Å². The Balaban J connectivity index is 1.28. The lowest BCUT2D eigenvalue weighted by atomic mass is 9.94. The molecule has 2 aliphatic heterocycles. The van der Waals surface area contributed by atoms with E-state index >= 15 is 0 Å². The number of methoxy groups -OCH3 is 1. The van der Waals surface area contributed by atoms with E-state index in [2.05, 4.69) is 28.1 Å². The van der Waals surface area contributed by atoms with Crippen molar-refractivity contribution in [3.8, 4) is 11.5 Å². The Kier molecular flexibility index (Phi) is 5.15. The highest BCUT2D eigenvalue weighted by Crippen LogP contribution is 2.31. The Labute approximate surface area is 176 Å². The van der Waals surface area contributed by atoms with E-state index in [-0.39, 0.29) is 12.0 Å². The number of fused-ring (bicyclic) bond motifs is 2. The van der Waals surface area contributed by atoms with Crippen LogP contribution in [0.2, 0.25) is 0 Å². The molecule has 30 heavy (non-hydrogen) atoms. The van der Waals surface area contributed by atoms with E-state index in [0.29, 0.717) is 13.2 Å². The molecule has 0 radical (unpaired) electrons. The summed E-state index contributed by atoms with van der Waals surface area (Å²) >= 11 is 0. The van der Waals surface area contributed by atoms with E-state index in [0.717, 1.165) is 42.1 Å². The molecule has 1 N–H and O–H groups in total. The molecule has 5 heteroatoms. The maximum Gasteiger partial charge on any atom is 0.127 e. The van der Waals surface area contributed by atoms with Crippen LogP contribution in [0.3, 0.4) is 0 Å². The molecular formula is C25H26N2O3. The fourth-order valence-corrected chi connectivity index (χ4v) is 4.59. The number of ether oxygens (including phenoxy) is 2. The maximum atomic E-state index is 10.7. The quantitative estimate of drug-likeness (QED) is 0.707. The van der Waals surface area contributed by atoms with Gasteiger partial charge < -0.3 is 14.6 Å². The summed E-state index contributed by atoms with van der Waals surface area (Å²) in [6, 6.07) is 16.2. The minimum atomic E-state index is -0.325. The number of hydrogen-bond donors (Lipinski definition) is 1. The lowest BCUT2D eigenvalue weighted by molar-refractivity contribution is 0.142. The third-order valence-corrected chi connectivity index (χ3v) is 6.12. The van der Waals surface area contributed by atoms with Crippen molar-refractivity contribution in [1.82, 2.24) is 9.88 Å². The Morgan fingerprint density at radius 1 is 1.17 bits per heavy atom. The van der Waals surface area contributed by atoms with Crippen molar-refractivity contribution in [3.63, 3.8) is 0 Å². The molecule has 2 aromatic carbocycles. The molecule has 1 saturated heterocycles. The van der Waals surface area contributed by atoms with Crippen LogP contribution in [0, 0.1) is 5.92 Å².